The molecule has 9 nitrogen and oxygen atoms in total. The molecule has 1 aliphatic rings. The largest absolute Gasteiger partial charge is 0.465 e. The van der Waals surface area contributed by atoms with Crippen molar-refractivity contribution in [2.45, 2.75) is 22.6 Å². The number of ether oxygens (including phenoxy) is 1. The molecule has 0 aromatic heterocycles. The second-order valence-electron chi connectivity index (χ2n) is 7.98. The Morgan fingerprint density at radius 1 is 1.06 bits per heavy atom. The number of amides is 2. The molecule has 1 heterocycles. The normalized spacial score (nSPS) is 18.4. The summed E-state index contributed by atoms with van der Waals surface area (Å²) in [5, 5.41) is -0.299. The second kappa shape index (κ2) is 10.6. The smallest absolute Gasteiger partial charge is 0.337 e. The van der Waals surface area contributed by atoms with Crippen LogP contribution in [0.25, 0.3) is 0 Å². The Morgan fingerprint density at radius 3 is 2.26 bits per heavy atom. The summed E-state index contributed by atoms with van der Waals surface area (Å²) in [4.78, 5) is 40.3. The molecule has 0 radical (unpaired) electrons. The van der Waals surface area contributed by atoms with E-state index in [2.05, 4.69) is 17.4 Å². The third-order valence-corrected chi connectivity index (χ3v) is 7.93. The molecule has 1 fully saturated rings. The maximum absolute atomic E-state index is 13.2. The molecule has 11 heteroatoms. The van der Waals surface area contributed by atoms with E-state index in [-0.39, 0.29) is 35.6 Å². The van der Waals surface area contributed by atoms with Crippen molar-refractivity contribution in [1.82, 2.24) is 9.21 Å². The summed E-state index contributed by atoms with van der Waals surface area (Å²) in [7, 11) is 0.407. The zero-order chi connectivity index (χ0) is 25.0. The molecule has 0 spiro atoms. The number of carbonyl (C=O) groups is 3. The van der Waals surface area contributed by atoms with Crippen molar-refractivity contribution >= 4 is 46.1 Å². The number of methoxy groups -OCH3 is 1. The summed E-state index contributed by atoms with van der Waals surface area (Å²) in [5.74, 6) is -1.33. The Morgan fingerprint density at radius 2 is 1.68 bits per heavy atom. The molecule has 182 valence electrons. The van der Waals surface area contributed by atoms with Gasteiger partial charge in [-0.25, -0.2) is 13.2 Å². The number of sulfonamides is 1. The maximum Gasteiger partial charge on any atom is 0.337 e. The first kappa shape index (κ1) is 25.7. The minimum atomic E-state index is -3.90. The van der Waals surface area contributed by atoms with Gasteiger partial charge < -0.3 is 14.5 Å². The lowest BCUT2D eigenvalue weighted by molar-refractivity contribution is -0.136. The fraction of sp³-hybridized carbons (Fsp3) is 0.348. The lowest BCUT2D eigenvalue weighted by atomic mass is 10.2. The van der Waals surface area contributed by atoms with E-state index in [9.17, 15) is 22.8 Å². The summed E-state index contributed by atoms with van der Waals surface area (Å²) in [5.41, 5.74) is 0.879. The molecule has 0 saturated carbocycles. The Bertz CT molecular complexity index is 1150. The van der Waals surface area contributed by atoms with E-state index in [1.54, 1.807) is 37.4 Å². The molecule has 2 aromatic carbocycles. The van der Waals surface area contributed by atoms with Crippen LogP contribution in [0.15, 0.2) is 59.5 Å². The number of anilines is 1. The maximum atomic E-state index is 13.2. The van der Waals surface area contributed by atoms with Gasteiger partial charge in [-0.3, -0.25) is 9.59 Å². The molecule has 34 heavy (non-hydrogen) atoms. The number of esters is 1. The molecule has 0 N–H and O–H groups in total. The van der Waals surface area contributed by atoms with Crippen molar-refractivity contribution in [3.63, 3.8) is 0 Å². The molecule has 0 bridgehead atoms. The zero-order valence-corrected chi connectivity index (χ0v) is 20.8. The van der Waals surface area contributed by atoms with Crippen molar-refractivity contribution in [3.05, 3.63) is 60.2 Å². The summed E-state index contributed by atoms with van der Waals surface area (Å²) in [6, 6.07) is 13.3. The standard InChI is InChI=1S/C23H27N3O6S2/c1-24(15-21(27)25(2)17-11-9-16(10-12-17)23(29)32-3)22(28)20-13-18(33)14-26(20)34(30,31)19-7-5-4-6-8-19/h4-12,18,20,33H,13-15H2,1-3H3. The molecule has 2 amide bonds. The van der Waals surface area contributed by atoms with Gasteiger partial charge in [0.15, 0.2) is 0 Å². The second-order valence-corrected chi connectivity index (χ2v) is 10.6. The molecule has 2 aromatic rings. The zero-order valence-electron chi connectivity index (χ0n) is 19.1. The fourth-order valence-corrected chi connectivity index (χ4v) is 5.87. The van der Waals surface area contributed by atoms with Gasteiger partial charge in [-0.1, -0.05) is 18.2 Å². The summed E-state index contributed by atoms with van der Waals surface area (Å²) >= 11 is 4.41. The Kier molecular flexibility index (Phi) is 8.01. The Balaban J connectivity index is 1.71. The van der Waals surface area contributed by atoms with Crippen LogP contribution in [0.1, 0.15) is 16.8 Å². The predicted octanol–water partition coefficient (Wildman–Crippen LogP) is 1.66. The monoisotopic (exact) mass is 505 g/mol. The van der Waals surface area contributed by atoms with E-state index < -0.39 is 27.9 Å². The van der Waals surface area contributed by atoms with E-state index >= 15 is 0 Å². The minimum Gasteiger partial charge on any atom is -0.465 e. The molecular weight excluding hydrogens is 478 g/mol. The van der Waals surface area contributed by atoms with E-state index in [1.165, 1.54) is 52.5 Å². The van der Waals surface area contributed by atoms with Crippen molar-refractivity contribution in [1.29, 1.82) is 0 Å². The first-order chi connectivity index (χ1) is 16.1. The third kappa shape index (κ3) is 5.43. The Labute approximate surface area is 204 Å². The number of rotatable bonds is 7. The van der Waals surface area contributed by atoms with Crippen molar-refractivity contribution < 1.29 is 27.5 Å². The minimum absolute atomic E-state index is 0.101. The van der Waals surface area contributed by atoms with Gasteiger partial charge in [0.05, 0.1) is 24.1 Å². The molecular formula is C23H27N3O6S2. The van der Waals surface area contributed by atoms with Crippen molar-refractivity contribution in [2.24, 2.45) is 0 Å². The summed E-state index contributed by atoms with van der Waals surface area (Å²) < 4.78 is 32.1. The van der Waals surface area contributed by atoms with Gasteiger partial charge in [0.25, 0.3) is 0 Å². The number of thiol groups is 1. The molecule has 2 atom stereocenters. The highest BCUT2D eigenvalue weighted by atomic mass is 32.2. The molecule has 0 aliphatic carbocycles. The average Bonchev–Trinajstić information content (AvgIpc) is 3.25. The van der Waals surface area contributed by atoms with Crippen LogP contribution in [-0.4, -0.2) is 81.0 Å². The highest BCUT2D eigenvalue weighted by Crippen LogP contribution is 2.29. The van der Waals surface area contributed by atoms with Gasteiger partial charge in [-0.15, -0.1) is 0 Å². The van der Waals surface area contributed by atoms with Gasteiger partial charge in [0.1, 0.15) is 6.04 Å². The SMILES string of the molecule is COC(=O)c1ccc(N(C)C(=O)CN(C)C(=O)C2CC(S)CN2S(=O)(=O)c2ccccc2)cc1. The van der Waals surface area contributed by atoms with Crippen LogP contribution in [0.3, 0.4) is 0 Å². The third-order valence-electron chi connectivity index (χ3n) is 5.67. The fourth-order valence-electron chi connectivity index (χ4n) is 3.73. The van der Waals surface area contributed by atoms with Gasteiger partial charge in [0, 0.05) is 31.6 Å². The number of carbonyl (C=O) groups excluding carboxylic acids is 3. The first-order valence-electron chi connectivity index (χ1n) is 10.5. The van der Waals surface area contributed by atoms with E-state index in [0.29, 0.717) is 11.3 Å². The number of hydrogen-bond acceptors (Lipinski definition) is 7. The van der Waals surface area contributed by atoms with Crippen LogP contribution in [0.4, 0.5) is 5.69 Å². The average molecular weight is 506 g/mol. The van der Waals surface area contributed by atoms with Gasteiger partial charge in [-0.2, -0.15) is 16.9 Å². The predicted molar refractivity (Wildman–Crippen MR) is 130 cm³/mol. The van der Waals surface area contributed by atoms with Gasteiger partial charge in [0.2, 0.25) is 21.8 Å². The van der Waals surface area contributed by atoms with Crippen LogP contribution < -0.4 is 4.90 Å². The highest BCUT2D eigenvalue weighted by Gasteiger charge is 2.44. The number of benzene rings is 2. The van der Waals surface area contributed by atoms with Crippen LogP contribution in [0.2, 0.25) is 0 Å². The van der Waals surface area contributed by atoms with Crippen LogP contribution in [-0.2, 0) is 24.3 Å². The van der Waals surface area contributed by atoms with Crippen molar-refractivity contribution in [2.75, 3.05) is 39.2 Å². The van der Waals surface area contributed by atoms with Crippen LogP contribution in [0.5, 0.6) is 0 Å². The quantitative estimate of drug-likeness (QED) is 0.453. The van der Waals surface area contributed by atoms with Crippen molar-refractivity contribution in [3.8, 4) is 0 Å². The van der Waals surface area contributed by atoms with Crippen LogP contribution >= 0.6 is 12.6 Å². The van der Waals surface area contributed by atoms with E-state index in [4.69, 9.17) is 0 Å². The summed E-state index contributed by atoms with van der Waals surface area (Å²) in [6.45, 7) is -0.147. The lowest BCUT2D eigenvalue weighted by Crippen LogP contribution is -2.49. The lowest BCUT2D eigenvalue weighted by Gasteiger charge is -2.28. The topological polar surface area (TPSA) is 104 Å². The van der Waals surface area contributed by atoms with Crippen LogP contribution in [0, 0.1) is 0 Å². The molecule has 1 aliphatic heterocycles. The first-order valence-corrected chi connectivity index (χ1v) is 12.5. The van der Waals surface area contributed by atoms with E-state index in [0.717, 1.165) is 0 Å². The number of nitrogens with zero attached hydrogens (tertiary/aromatic N) is 3. The van der Waals surface area contributed by atoms with E-state index in [1.807, 2.05) is 0 Å². The highest BCUT2D eigenvalue weighted by molar-refractivity contribution is 7.89. The molecule has 1 saturated heterocycles. The number of likely N-dealkylation sites (N-methyl/N-ethyl adjacent to an activating group) is 2. The van der Waals surface area contributed by atoms with Gasteiger partial charge >= 0.3 is 5.97 Å². The van der Waals surface area contributed by atoms with Gasteiger partial charge in [-0.05, 0) is 42.8 Å². The Hall–Kier alpha value is -2.89. The molecule has 3 rings (SSSR count). The molecule has 2 unspecified atom stereocenters. The summed E-state index contributed by atoms with van der Waals surface area (Å²) in [6.07, 6.45) is 0.247. The number of hydrogen-bond donors (Lipinski definition) is 1.